The Hall–Kier alpha value is -4.89. The highest BCUT2D eigenvalue weighted by Gasteiger charge is 2.37. The maximum Gasteiger partial charge on any atom is 0.170 e. The fourth-order valence-corrected chi connectivity index (χ4v) is 6.14. The normalized spacial score (nSPS) is 14.0. The molecule has 0 atom stereocenters. The van der Waals surface area contributed by atoms with Gasteiger partial charge in [0, 0.05) is 22.6 Å². The van der Waals surface area contributed by atoms with Crippen molar-refractivity contribution < 1.29 is 9.47 Å². The third kappa shape index (κ3) is 3.33. The number of para-hydroxylation sites is 1. The molecule has 1 aliphatic heterocycles. The summed E-state index contributed by atoms with van der Waals surface area (Å²) in [7, 11) is 0. The Labute approximate surface area is 227 Å². The van der Waals surface area contributed by atoms with E-state index in [1.807, 2.05) is 18.3 Å². The van der Waals surface area contributed by atoms with Gasteiger partial charge in [-0.15, -0.1) is 0 Å². The molecule has 3 heteroatoms. The highest BCUT2D eigenvalue weighted by Crippen LogP contribution is 2.55. The van der Waals surface area contributed by atoms with Crippen molar-refractivity contribution in [1.82, 2.24) is 4.98 Å². The Balaban J connectivity index is 1.13. The molecule has 0 fully saturated rings. The van der Waals surface area contributed by atoms with E-state index in [2.05, 4.69) is 116 Å². The summed E-state index contributed by atoms with van der Waals surface area (Å²) in [6.07, 6.45) is 1.85. The van der Waals surface area contributed by atoms with Gasteiger partial charge in [-0.25, -0.2) is 0 Å². The van der Waals surface area contributed by atoms with Crippen LogP contribution >= 0.6 is 0 Å². The summed E-state index contributed by atoms with van der Waals surface area (Å²) in [6.45, 7) is 4.55. The molecule has 8 rings (SSSR count). The number of rotatable bonds is 2. The maximum absolute atomic E-state index is 6.47. The van der Waals surface area contributed by atoms with E-state index >= 15 is 0 Å². The molecular weight excluding hydrogens is 478 g/mol. The molecule has 3 nitrogen and oxygen atoms in total. The molecule has 1 aliphatic carbocycles. The lowest BCUT2D eigenvalue weighted by atomic mass is 9.82. The Kier molecular flexibility index (Phi) is 4.57. The van der Waals surface area contributed by atoms with Crippen LogP contribution in [0.1, 0.15) is 25.0 Å². The standard InChI is InChI=1S/C36H25NO2/c1-36(2)29-11-4-3-9-27(29)28-20-33-34(21-30(28)36)39-32-19-25(16-17-31(32)38-33)22-12-14-23(15-13-22)26-10-5-7-24-8-6-18-37-35(24)26/h3-21H,1-2H3. The number of ether oxygens (including phenoxy) is 2. The molecule has 0 unspecified atom stereocenters. The van der Waals surface area contributed by atoms with Crippen LogP contribution in [0.15, 0.2) is 115 Å². The van der Waals surface area contributed by atoms with Crippen LogP contribution in [0.4, 0.5) is 0 Å². The summed E-state index contributed by atoms with van der Waals surface area (Å²) in [5.74, 6) is 2.98. The van der Waals surface area contributed by atoms with Crippen molar-refractivity contribution in [2.24, 2.45) is 0 Å². The van der Waals surface area contributed by atoms with Crippen LogP contribution in [-0.2, 0) is 5.41 Å². The molecule has 186 valence electrons. The largest absolute Gasteiger partial charge is 0.449 e. The third-order valence-corrected chi connectivity index (χ3v) is 8.19. The van der Waals surface area contributed by atoms with E-state index in [1.54, 1.807) is 0 Å². The monoisotopic (exact) mass is 503 g/mol. The van der Waals surface area contributed by atoms with Crippen LogP contribution in [-0.4, -0.2) is 4.98 Å². The lowest BCUT2D eigenvalue weighted by molar-refractivity contribution is 0.359. The molecule has 6 aromatic rings. The number of hydrogen-bond donors (Lipinski definition) is 0. The molecule has 2 aliphatic rings. The first kappa shape index (κ1) is 22.1. The lowest BCUT2D eigenvalue weighted by Crippen LogP contribution is -2.15. The van der Waals surface area contributed by atoms with Crippen molar-refractivity contribution >= 4 is 10.9 Å². The third-order valence-electron chi connectivity index (χ3n) is 8.19. The Morgan fingerprint density at radius 1 is 0.513 bits per heavy atom. The van der Waals surface area contributed by atoms with Gasteiger partial charge in [0.05, 0.1) is 5.52 Å². The maximum atomic E-state index is 6.47. The molecule has 0 bridgehead atoms. The summed E-state index contributed by atoms with van der Waals surface area (Å²) >= 11 is 0. The van der Waals surface area contributed by atoms with Crippen LogP contribution in [0.25, 0.3) is 44.3 Å². The van der Waals surface area contributed by atoms with Gasteiger partial charge in [0.15, 0.2) is 23.0 Å². The van der Waals surface area contributed by atoms with Gasteiger partial charge < -0.3 is 9.47 Å². The minimum atomic E-state index is -0.0895. The van der Waals surface area contributed by atoms with E-state index in [0.717, 1.165) is 56.2 Å². The fraction of sp³-hybridized carbons (Fsp3) is 0.0833. The topological polar surface area (TPSA) is 31.4 Å². The van der Waals surface area contributed by atoms with Crippen molar-refractivity contribution in [3.8, 4) is 56.4 Å². The Morgan fingerprint density at radius 3 is 2.10 bits per heavy atom. The minimum Gasteiger partial charge on any atom is -0.449 e. The Bertz CT molecular complexity index is 1930. The highest BCUT2D eigenvalue weighted by molar-refractivity contribution is 5.93. The summed E-state index contributed by atoms with van der Waals surface area (Å²) in [4.78, 5) is 4.62. The summed E-state index contributed by atoms with van der Waals surface area (Å²) in [6, 6.07) is 38.1. The van der Waals surface area contributed by atoms with E-state index in [4.69, 9.17) is 9.47 Å². The van der Waals surface area contributed by atoms with Crippen molar-refractivity contribution in [2.45, 2.75) is 19.3 Å². The average molecular weight is 504 g/mol. The van der Waals surface area contributed by atoms with Gasteiger partial charge in [0.25, 0.3) is 0 Å². The van der Waals surface area contributed by atoms with Crippen LogP contribution < -0.4 is 9.47 Å². The smallest absolute Gasteiger partial charge is 0.170 e. The quantitative estimate of drug-likeness (QED) is 0.235. The second-order valence-corrected chi connectivity index (χ2v) is 10.8. The van der Waals surface area contributed by atoms with Crippen molar-refractivity contribution in [3.63, 3.8) is 0 Å². The van der Waals surface area contributed by atoms with Gasteiger partial charge in [-0.05, 0) is 69.3 Å². The highest BCUT2D eigenvalue weighted by atomic mass is 16.6. The molecule has 0 saturated carbocycles. The molecular formula is C36H25NO2. The molecule has 39 heavy (non-hydrogen) atoms. The molecule has 0 N–H and O–H groups in total. The number of nitrogens with zero attached hydrogens (tertiary/aromatic N) is 1. The first-order valence-corrected chi connectivity index (χ1v) is 13.3. The van der Waals surface area contributed by atoms with Crippen LogP contribution in [0.5, 0.6) is 23.0 Å². The second kappa shape index (κ2) is 8.05. The zero-order valence-corrected chi connectivity index (χ0v) is 21.7. The number of fused-ring (bicyclic) bond motifs is 6. The lowest BCUT2D eigenvalue weighted by Gasteiger charge is -2.25. The number of benzene rings is 5. The Morgan fingerprint density at radius 2 is 1.21 bits per heavy atom. The molecule has 0 amide bonds. The number of aromatic nitrogens is 1. The molecule has 0 saturated heterocycles. The van der Waals surface area contributed by atoms with Gasteiger partial charge in [0.2, 0.25) is 0 Å². The van der Waals surface area contributed by atoms with E-state index in [-0.39, 0.29) is 5.41 Å². The van der Waals surface area contributed by atoms with E-state index < -0.39 is 0 Å². The van der Waals surface area contributed by atoms with Gasteiger partial charge in [0.1, 0.15) is 0 Å². The van der Waals surface area contributed by atoms with E-state index in [0.29, 0.717) is 0 Å². The molecule has 1 aromatic heterocycles. The number of pyridine rings is 1. The van der Waals surface area contributed by atoms with Crippen LogP contribution in [0.3, 0.4) is 0 Å². The molecule has 5 aromatic carbocycles. The van der Waals surface area contributed by atoms with Crippen LogP contribution in [0, 0.1) is 0 Å². The SMILES string of the molecule is CC1(C)c2ccccc2-c2cc3c(cc21)Oc1cc(-c2ccc(-c4cccc5cccnc45)cc2)ccc1O3. The average Bonchev–Trinajstić information content (AvgIpc) is 3.20. The molecule has 2 heterocycles. The molecule has 0 spiro atoms. The van der Waals surface area contributed by atoms with Gasteiger partial charge in [-0.3, -0.25) is 4.98 Å². The van der Waals surface area contributed by atoms with E-state index in [1.165, 1.54) is 22.3 Å². The predicted octanol–water partition coefficient (Wildman–Crippen LogP) is 9.77. The van der Waals surface area contributed by atoms with E-state index in [9.17, 15) is 0 Å². The zero-order valence-electron chi connectivity index (χ0n) is 21.7. The van der Waals surface area contributed by atoms with Crippen molar-refractivity contribution in [1.29, 1.82) is 0 Å². The van der Waals surface area contributed by atoms with Gasteiger partial charge in [-0.1, -0.05) is 92.7 Å². The van der Waals surface area contributed by atoms with Crippen molar-refractivity contribution in [2.75, 3.05) is 0 Å². The van der Waals surface area contributed by atoms with Gasteiger partial charge >= 0.3 is 0 Å². The predicted molar refractivity (Wildman–Crippen MR) is 157 cm³/mol. The summed E-state index contributed by atoms with van der Waals surface area (Å²) in [5.41, 5.74) is 10.5. The zero-order chi connectivity index (χ0) is 26.1. The second-order valence-electron chi connectivity index (χ2n) is 10.8. The summed E-state index contributed by atoms with van der Waals surface area (Å²) in [5, 5.41) is 1.14. The first-order valence-electron chi connectivity index (χ1n) is 13.3. The minimum absolute atomic E-state index is 0.0895. The fourth-order valence-electron chi connectivity index (χ4n) is 6.14. The molecule has 0 radical (unpaired) electrons. The summed E-state index contributed by atoms with van der Waals surface area (Å²) < 4.78 is 12.8. The van der Waals surface area contributed by atoms with Crippen LogP contribution in [0.2, 0.25) is 0 Å². The van der Waals surface area contributed by atoms with Gasteiger partial charge in [-0.2, -0.15) is 0 Å². The number of hydrogen-bond acceptors (Lipinski definition) is 3. The van der Waals surface area contributed by atoms with Crippen molar-refractivity contribution in [3.05, 3.63) is 127 Å². The first-order chi connectivity index (χ1) is 19.1.